The minimum Gasteiger partial charge on any atom is -0.388 e. The molecule has 4 aromatic rings. The van der Waals surface area contributed by atoms with Crippen LogP contribution in [-0.4, -0.2) is 77.8 Å². The largest absolute Gasteiger partial charge is 0.388 e. The smallest absolute Gasteiger partial charge is 0.264 e. The first-order valence-electron chi connectivity index (χ1n) is 14.8. The molecule has 2 aromatic heterocycles. The summed E-state index contributed by atoms with van der Waals surface area (Å²) >= 11 is 0. The number of benzene rings is 2. The Morgan fingerprint density at radius 2 is 1.52 bits per heavy atom. The number of hydrogen-bond donors (Lipinski definition) is 1. The summed E-state index contributed by atoms with van der Waals surface area (Å²) in [7, 11) is 0. The van der Waals surface area contributed by atoms with E-state index in [1.165, 1.54) is 17.1 Å². The van der Waals surface area contributed by atoms with Gasteiger partial charge in [-0.1, -0.05) is 24.3 Å². The first kappa shape index (κ1) is 26.6. The van der Waals surface area contributed by atoms with E-state index in [1.807, 2.05) is 58.3 Å². The van der Waals surface area contributed by atoms with E-state index in [4.69, 9.17) is 0 Å². The lowest BCUT2D eigenvalue weighted by Crippen LogP contribution is -2.50. The number of aromatic nitrogens is 4. The Bertz CT molecular complexity index is 1690. The Morgan fingerprint density at radius 1 is 0.881 bits per heavy atom. The molecule has 0 bridgehead atoms. The second-order valence-electron chi connectivity index (χ2n) is 11.9. The number of carbonyl (C=O) groups excluding carboxylic acids is 2. The van der Waals surface area contributed by atoms with Crippen LogP contribution in [0.15, 0.2) is 65.8 Å². The number of rotatable bonds is 6. The average molecular weight is 567 g/mol. The number of amides is 2. The number of fused-ring (bicyclic) bond motifs is 1. The molecule has 0 spiro atoms. The first-order valence-corrected chi connectivity index (χ1v) is 14.8. The molecule has 2 aromatic carbocycles. The Balaban J connectivity index is 1.05. The zero-order valence-electron chi connectivity index (χ0n) is 23.5. The van der Waals surface area contributed by atoms with Gasteiger partial charge in [0.2, 0.25) is 5.91 Å². The summed E-state index contributed by atoms with van der Waals surface area (Å²) in [6.45, 7) is 2.80. The number of carbonyl (C=O) groups is 2. The Morgan fingerprint density at radius 3 is 2.17 bits per heavy atom. The van der Waals surface area contributed by atoms with Gasteiger partial charge in [-0.25, -0.2) is 9.67 Å². The van der Waals surface area contributed by atoms with E-state index in [-0.39, 0.29) is 29.8 Å². The Kier molecular flexibility index (Phi) is 6.65. The summed E-state index contributed by atoms with van der Waals surface area (Å²) < 4.78 is 3.09. The summed E-state index contributed by atoms with van der Waals surface area (Å²) in [5.41, 5.74) is 2.62. The predicted octanol–water partition coefficient (Wildman–Crippen LogP) is 3.25. The number of nitrogens with zero attached hydrogens (tertiary/aromatic N) is 6. The third kappa shape index (κ3) is 5.00. The van der Waals surface area contributed by atoms with E-state index < -0.39 is 5.60 Å². The Hall–Kier alpha value is -4.31. The highest BCUT2D eigenvalue weighted by Gasteiger charge is 2.39. The molecule has 1 N–H and O–H groups in total. The Labute approximate surface area is 243 Å². The zero-order chi connectivity index (χ0) is 28.8. The van der Waals surface area contributed by atoms with Gasteiger partial charge in [-0.2, -0.15) is 5.10 Å². The fourth-order valence-corrected chi connectivity index (χ4v) is 6.16. The topological polar surface area (TPSA) is 114 Å². The lowest BCUT2D eigenvalue weighted by atomic mass is 9.91. The zero-order valence-corrected chi connectivity index (χ0v) is 23.5. The van der Waals surface area contributed by atoms with Crippen molar-refractivity contribution in [1.29, 1.82) is 0 Å². The maximum atomic E-state index is 13.3. The highest BCUT2D eigenvalue weighted by Crippen LogP contribution is 2.33. The summed E-state index contributed by atoms with van der Waals surface area (Å²) in [4.78, 5) is 46.6. The molecule has 10 nitrogen and oxygen atoms in total. The van der Waals surface area contributed by atoms with Crippen LogP contribution in [0.25, 0.3) is 27.8 Å². The van der Waals surface area contributed by atoms with Crippen LogP contribution in [0.2, 0.25) is 0 Å². The molecular weight excluding hydrogens is 532 g/mol. The van der Waals surface area contributed by atoms with E-state index in [0.29, 0.717) is 42.5 Å². The number of likely N-dealkylation sites (tertiary alicyclic amines) is 2. The highest BCUT2D eigenvalue weighted by atomic mass is 16.3. The fraction of sp³-hybridized carbons (Fsp3) is 0.406. The third-order valence-electron chi connectivity index (χ3n) is 8.92. The van der Waals surface area contributed by atoms with E-state index in [0.717, 1.165) is 55.6 Å². The summed E-state index contributed by atoms with van der Waals surface area (Å²) in [5.74, 6) is 0.452. The first-order chi connectivity index (χ1) is 20.4. The number of piperidine rings is 1. The third-order valence-corrected chi connectivity index (χ3v) is 8.92. The fourth-order valence-electron chi connectivity index (χ4n) is 6.16. The van der Waals surface area contributed by atoms with E-state index >= 15 is 0 Å². The molecule has 3 aliphatic rings. The van der Waals surface area contributed by atoms with Crippen LogP contribution in [-0.2, 0) is 11.3 Å². The molecule has 0 unspecified atom stereocenters. The molecule has 3 fully saturated rings. The van der Waals surface area contributed by atoms with E-state index in [9.17, 15) is 19.5 Å². The summed E-state index contributed by atoms with van der Waals surface area (Å²) in [6, 6.07) is 15.5. The van der Waals surface area contributed by atoms with Crippen molar-refractivity contribution in [3.05, 3.63) is 77.0 Å². The van der Waals surface area contributed by atoms with Crippen molar-refractivity contribution in [3.8, 4) is 16.8 Å². The second kappa shape index (κ2) is 10.5. The van der Waals surface area contributed by atoms with Gasteiger partial charge >= 0.3 is 0 Å². The molecule has 7 rings (SSSR count). The second-order valence-corrected chi connectivity index (χ2v) is 11.9. The molecule has 0 radical (unpaired) electrons. The predicted molar refractivity (Wildman–Crippen MR) is 157 cm³/mol. The number of aliphatic hydroxyl groups is 1. The highest BCUT2D eigenvalue weighted by molar-refractivity contribution is 5.95. The quantitative estimate of drug-likeness (QED) is 0.383. The number of hydrogen-bond acceptors (Lipinski definition) is 6. The van der Waals surface area contributed by atoms with Crippen LogP contribution in [0.4, 0.5) is 0 Å². The molecule has 1 saturated carbocycles. The average Bonchev–Trinajstić information content (AvgIpc) is 3.53. The van der Waals surface area contributed by atoms with Crippen LogP contribution >= 0.6 is 0 Å². The molecule has 1 aliphatic carbocycles. The SMILES string of the molecule is O=C(c1ccc(-c2ccc(-n3ncc4c(=O)n(CC5(O)CCN(C(=O)C6CC6)CC5)cnc43)cc2)cc1)N1CCCC1. The lowest BCUT2D eigenvalue weighted by Gasteiger charge is -2.38. The monoisotopic (exact) mass is 566 g/mol. The maximum absolute atomic E-state index is 13.3. The van der Waals surface area contributed by atoms with Crippen LogP contribution in [0.5, 0.6) is 0 Å². The summed E-state index contributed by atoms with van der Waals surface area (Å²) in [5, 5.41) is 16.0. The minimum atomic E-state index is -1.06. The van der Waals surface area contributed by atoms with Gasteiger partial charge in [0.15, 0.2) is 5.65 Å². The molecule has 2 saturated heterocycles. The van der Waals surface area contributed by atoms with Crippen molar-refractivity contribution < 1.29 is 14.7 Å². The van der Waals surface area contributed by atoms with Crippen LogP contribution in [0, 0.1) is 5.92 Å². The molecule has 0 atom stereocenters. The van der Waals surface area contributed by atoms with Crippen molar-refractivity contribution in [2.45, 2.75) is 50.7 Å². The van der Waals surface area contributed by atoms with Gasteiger partial charge in [0.05, 0.1) is 24.0 Å². The minimum absolute atomic E-state index is 0.0893. The molecular formula is C32H34N6O4. The van der Waals surface area contributed by atoms with Gasteiger partial charge in [-0.05, 0) is 73.9 Å². The van der Waals surface area contributed by atoms with Crippen molar-refractivity contribution in [2.75, 3.05) is 26.2 Å². The standard InChI is InChI=1S/C32H34N6O4/c39-29(35-15-1-2-16-35)24-5-3-22(4-6-24)23-9-11-26(12-10-23)38-28-27(19-34-38)31(41)37(21-33-28)20-32(42)13-17-36(18-14-32)30(40)25-7-8-25/h3-6,9-12,19,21,25,42H,1-2,7-8,13-18,20H2. The molecule has 42 heavy (non-hydrogen) atoms. The lowest BCUT2D eigenvalue weighted by molar-refractivity contribution is -0.137. The van der Waals surface area contributed by atoms with Crippen molar-refractivity contribution in [3.63, 3.8) is 0 Å². The van der Waals surface area contributed by atoms with Crippen molar-refractivity contribution in [2.24, 2.45) is 5.92 Å². The molecule has 2 amide bonds. The van der Waals surface area contributed by atoms with Gasteiger partial charge < -0.3 is 14.9 Å². The van der Waals surface area contributed by atoms with Gasteiger partial charge in [0, 0.05) is 37.7 Å². The molecule has 216 valence electrons. The molecule has 10 heteroatoms. The van der Waals surface area contributed by atoms with Crippen molar-refractivity contribution >= 4 is 22.8 Å². The van der Waals surface area contributed by atoms with Gasteiger partial charge in [-0.3, -0.25) is 19.0 Å². The molecule has 4 heterocycles. The van der Waals surface area contributed by atoms with Gasteiger partial charge in [0.25, 0.3) is 11.5 Å². The van der Waals surface area contributed by atoms with Crippen LogP contribution < -0.4 is 5.56 Å². The normalized spacial score (nSPS) is 18.5. The van der Waals surface area contributed by atoms with Gasteiger partial charge in [0.1, 0.15) is 11.7 Å². The van der Waals surface area contributed by atoms with Crippen LogP contribution in [0.1, 0.15) is 48.9 Å². The van der Waals surface area contributed by atoms with E-state index in [2.05, 4.69) is 10.1 Å². The summed E-state index contributed by atoms with van der Waals surface area (Å²) in [6.07, 6.45) is 7.93. The van der Waals surface area contributed by atoms with E-state index in [1.54, 1.807) is 4.68 Å². The van der Waals surface area contributed by atoms with Crippen LogP contribution in [0.3, 0.4) is 0 Å². The maximum Gasteiger partial charge on any atom is 0.264 e. The van der Waals surface area contributed by atoms with Gasteiger partial charge in [-0.15, -0.1) is 0 Å². The van der Waals surface area contributed by atoms with Crippen molar-refractivity contribution in [1.82, 2.24) is 29.1 Å². The molecule has 2 aliphatic heterocycles.